The molecule has 0 spiro atoms. The van der Waals surface area contributed by atoms with Crippen LogP contribution >= 0.6 is 34.5 Å². The van der Waals surface area contributed by atoms with Crippen molar-refractivity contribution in [3.05, 3.63) is 128 Å². The molecule has 50 heavy (non-hydrogen) atoms. The van der Waals surface area contributed by atoms with Crippen molar-refractivity contribution in [3.63, 3.8) is 0 Å². The van der Waals surface area contributed by atoms with Crippen molar-refractivity contribution >= 4 is 51.8 Å². The van der Waals surface area contributed by atoms with Crippen LogP contribution in [0.2, 0.25) is 10.0 Å². The van der Waals surface area contributed by atoms with Crippen LogP contribution in [0.25, 0.3) is 5.69 Å². The molecule has 2 aromatic heterocycles. The van der Waals surface area contributed by atoms with E-state index in [0.717, 1.165) is 78.8 Å². The molecule has 8 nitrogen and oxygen atoms in total. The number of rotatable bonds is 9. The Morgan fingerprint density at radius 3 is 2.42 bits per heavy atom. The quantitative estimate of drug-likeness (QED) is 0.152. The number of anilines is 1. The summed E-state index contributed by atoms with van der Waals surface area (Å²) in [5.74, 6) is 1.79. The van der Waals surface area contributed by atoms with Crippen molar-refractivity contribution in [2.24, 2.45) is 4.99 Å². The third-order valence-electron chi connectivity index (χ3n) is 9.35. The van der Waals surface area contributed by atoms with Crippen LogP contribution in [0.3, 0.4) is 0 Å². The minimum atomic E-state index is -0.261. The van der Waals surface area contributed by atoms with E-state index in [1.165, 1.54) is 4.88 Å². The van der Waals surface area contributed by atoms with Crippen molar-refractivity contribution in [2.45, 2.75) is 51.6 Å². The summed E-state index contributed by atoms with van der Waals surface area (Å²) in [6, 6.07) is 27.8. The second-order valence-corrected chi connectivity index (χ2v) is 14.4. The Labute approximate surface area is 308 Å². The Bertz CT molecular complexity index is 1920. The number of benzene rings is 3. The number of thiophene rings is 1. The van der Waals surface area contributed by atoms with Crippen LogP contribution in [0.4, 0.5) is 5.69 Å². The van der Waals surface area contributed by atoms with Crippen molar-refractivity contribution in [2.75, 3.05) is 38.3 Å². The average Bonchev–Trinajstić information content (AvgIpc) is 3.76. The van der Waals surface area contributed by atoms with Gasteiger partial charge in [-0.05, 0) is 74.0 Å². The highest BCUT2D eigenvalue weighted by atomic mass is 35.5. The van der Waals surface area contributed by atoms with Gasteiger partial charge in [0, 0.05) is 64.9 Å². The number of carbonyl (C=O) groups is 1. The van der Waals surface area contributed by atoms with E-state index in [-0.39, 0.29) is 11.4 Å². The number of aromatic nitrogens is 3. The van der Waals surface area contributed by atoms with Gasteiger partial charge in [0.2, 0.25) is 5.91 Å². The second kappa shape index (κ2) is 16.4. The maximum Gasteiger partial charge on any atom is 0.227 e. The second-order valence-electron chi connectivity index (χ2n) is 12.6. The Balaban J connectivity index is 0.000000175. The lowest BCUT2D eigenvalue weighted by molar-refractivity contribution is -0.120. The van der Waals surface area contributed by atoms with Crippen molar-refractivity contribution in [1.29, 1.82) is 0 Å². The van der Waals surface area contributed by atoms with Gasteiger partial charge >= 0.3 is 0 Å². The molecular weight excluding hydrogens is 687 g/mol. The molecule has 0 atom stereocenters. The minimum absolute atomic E-state index is 0.172. The van der Waals surface area contributed by atoms with E-state index in [1.807, 2.05) is 107 Å². The van der Waals surface area contributed by atoms with Crippen LogP contribution in [0.1, 0.15) is 53.8 Å². The van der Waals surface area contributed by atoms with Gasteiger partial charge in [0.15, 0.2) is 5.82 Å². The highest BCUT2D eigenvalue weighted by Crippen LogP contribution is 2.35. The summed E-state index contributed by atoms with van der Waals surface area (Å²) in [4.78, 5) is 23.6. The number of aryl methyl sites for hydroxylation is 1. The fourth-order valence-corrected chi connectivity index (χ4v) is 7.96. The summed E-state index contributed by atoms with van der Waals surface area (Å²) < 4.78 is 7.64. The number of hydrogen-bond acceptors (Lipinski definition) is 7. The van der Waals surface area contributed by atoms with Crippen molar-refractivity contribution in [3.8, 4) is 5.69 Å². The van der Waals surface area contributed by atoms with Crippen LogP contribution in [-0.4, -0.2) is 70.2 Å². The van der Waals surface area contributed by atoms with E-state index in [4.69, 9.17) is 32.9 Å². The summed E-state index contributed by atoms with van der Waals surface area (Å²) >= 11 is 14.4. The number of hydrogen-bond donors (Lipinski definition) is 0. The highest BCUT2D eigenvalue weighted by Gasteiger charge is 2.42. The lowest BCUT2D eigenvalue weighted by atomic mass is 9.85. The third-order valence-corrected chi connectivity index (χ3v) is 10.8. The minimum Gasteiger partial charge on any atom is -0.382 e. The molecule has 0 bridgehead atoms. The molecule has 2 aliphatic rings. The summed E-state index contributed by atoms with van der Waals surface area (Å²) in [6.07, 6.45) is 3.48. The number of likely N-dealkylation sites (tertiary alicyclic amines) is 1. The number of aliphatic imine (C=N–C) groups is 1. The summed E-state index contributed by atoms with van der Waals surface area (Å²) in [5, 5.41) is 11.8. The molecule has 2 aliphatic heterocycles. The molecule has 0 aliphatic carbocycles. The number of halogens is 2. The van der Waals surface area contributed by atoms with Gasteiger partial charge in [0.1, 0.15) is 12.4 Å². The molecule has 7 rings (SSSR count). The van der Waals surface area contributed by atoms with Gasteiger partial charge in [0.05, 0.1) is 23.5 Å². The highest BCUT2D eigenvalue weighted by molar-refractivity contribution is 7.09. The molecule has 1 amide bonds. The van der Waals surface area contributed by atoms with Gasteiger partial charge in [-0.15, -0.1) is 21.5 Å². The normalized spacial score (nSPS) is 15.2. The van der Waals surface area contributed by atoms with E-state index in [0.29, 0.717) is 29.6 Å². The molecule has 3 aromatic carbocycles. The molecule has 1 fully saturated rings. The first-order valence-electron chi connectivity index (χ1n) is 17.0. The predicted molar refractivity (Wildman–Crippen MR) is 204 cm³/mol. The summed E-state index contributed by atoms with van der Waals surface area (Å²) in [7, 11) is 1.74. The van der Waals surface area contributed by atoms with E-state index in [2.05, 4.69) is 32.6 Å². The lowest BCUT2D eigenvalue weighted by Crippen LogP contribution is -2.60. The first kappa shape index (κ1) is 35.9. The Kier molecular flexibility index (Phi) is 11.8. The van der Waals surface area contributed by atoms with Gasteiger partial charge < -0.3 is 14.5 Å². The summed E-state index contributed by atoms with van der Waals surface area (Å²) in [5.41, 5.74) is 4.30. The molecule has 0 unspecified atom stereocenters. The zero-order chi connectivity index (χ0) is 35.1. The van der Waals surface area contributed by atoms with E-state index >= 15 is 0 Å². The van der Waals surface area contributed by atoms with Crippen LogP contribution in [0.5, 0.6) is 0 Å². The number of para-hydroxylation sites is 1. The number of amides is 1. The van der Waals surface area contributed by atoms with Crippen LogP contribution < -0.4 is 4.90 Å². The first-order chi connectivity index (χ1) is 24.3. The van der Waals surface area contributed by atoms with Gasteiger partial charge in [-0.3, -0.25) is 14.4 Å². The fourth-order valence-electron chi connectivity index (χ4n) is 6.87. The van der Waals surface area contributed by atoms with Crippen molar-refractivity contribution < 1.29 is 9.53 Å². The maximum atomic E-state index is 12.9. The van der Waals surface area contributed by atoms with Crippen LogP contribution in [0, 0.1) is 6.92 Å². The van der Waals surface area contributed by atoms with Gasteiger partial charge in [0.25, 0.3) is 0 Å². The first-order valence-corrected chi connectivity index (χ1v) is 18.6. The molecule has 5 aromatic rings. The van der Waals surface area contributed by atoms with Crippen molar-refractivity contribution in [1.82, 2.24) is 19.7 Å². The number of piperidine rings is 1. The monoisotopic (exact) mass is 728 g/mol. The summed E-state index contributed by atoms with van der Waals surface area (Å²) in [6.45, 7) is 7.95. The van der Waals surface area contributed by atoms with Crippen LogP contribution in [-0.2, 0) is 22.5 Å². The predicted octanol–water partition coefficient (Wildman–Crippen LogP) is 8.45. The largest absolute Gasteiger partial charge is 0.382 e. The number of methoxy groups -OCH3 is 1. The van der Waals surface area contributed by atoms with E-state index < -0.39 is 0 Å². The molecule has 260 valence electrons. The molecule has 4 heterocycles. The molecule has 1 saturated heterocycles. The van der Waals surface area contributed by atoms with Gasteiger partial charge in [-0.1, -0.05) is 72.6 Å². The Morgan fingerprint density at radius 2 is 1.72 bits per heavy atom. The van der Waals surface area contributed by atoms with Gasteiger partial charge in [-0.25, -0.2) is 0 Å². The van der Waals surface area contributed by atoms with Crippen LogP contribution in [0.15, 0.2) is 95.3 Å². The zero-order valence-electron chi connectivity index (χ0n) is 28.7. The fraction of sp³-hybridized carbons (Fsp3) is 0.333. The molecule has 0 saturated carbocycles. The Morgan fingerprint density at radius 1 is 0.960 bits per heavy atom. The number of nitrogens with zero attached hydrogens (tertiary/aromatic N) is 6. The average molecular weight is 730 g/mol. The molecular formula is C39H42Cl2N6O2S. The maximum absolute atomic E-state index is 12.9. The number of carbonyl (C=O) groups excluding carboxylic acids is 1. The molecule has 0 N–H and O–H groups in total. The van der Waals surface area contributed by atoms with E-state index in [9.17, 15) is 4.79 Å². The third kappa shape index (κ3) is 7.87. The Hall–Kier alpha value is -3.86. The zero-order valence-corrected chi connectivity index (χ0v) is 31.0. The topological polar surface area (TPSA) is 75.8 Å². The van der Waals surface area contributed by atoms with E-state index in [1.54, 1.807) is 7.11 Å². The number of fused-ring (bicyclic) bond motifs is 3. The lowest BCUT2D eigenvalue weighted by Gasteiger charge is -2.48. The smallest absolute Gasteiger partial charge is 0.227 e. The molecule has 0 radical (unpaired) electrons. The number of ether oxygens (including phenoxy) is 1. The molecule has 11 heteroatoms. The SMILES string of the molecule is CCC(=O)N(c1ccccc1)C1(COC)CCN(CCc2cccs2)CC1.Cc1nnc2n1-c1ccc(Cl)cc1C(c1ccccc1Cl)=NC2. The van der Waals surface area contributed by atoms with Gasteiger partial charge in [-0.2, -0.15) is 0 Å². The standard InChI is InChI=1S/C22H30N2O2S.C17H12Cl2N4/c1-3-21(25)24(19-8-5-4-6-9-19)22(18-26-2)12-15-23(16-13-22)14-11-20-10-7-17-27-20;1-10-21-22-16-9-20-17(12-4-2-3-5-14(12)19)13-8-11(18)6-7-15(13)23(10)16/h4-10,17H,3,11-16,18H2,1-2H3;2-8H,9H2,1H3.